The number of aryl methyl sites for hydroxylation is 1. The van der Waals surface area contributed by atoms with Crippen molar-refractivity contribution in [2.24, 2.45) is 0 Å². The van der Waals surface area contributed by atoms with Gasteiger partial charge < -0.3 is 10.4 Å². The molecule has 2 aromatic heterocycles. The lowest BCUT2D eigenvalue weighted by molar-refractivity contribution is 0.102. The van der Waals surface area contributed by atoms with Crippen molar-refractivity contribution in [3.05, 3.63) is 47.7 Å². The molecule has 6 nitrogen and oxygen atoms in total. The molecule has 0 atom stereocenters. The third-order valence-corrected chi connectivity index (χ3v) is 2.46. The standard InChI is InChI=1S/C15H14N4O2/c1-11-9-17-13(10-16-11)15(21)19-14-7-4-6-12(18-14)5-2-3-8-20/h4,6-7,9-10,20H,3,8H2,1H3,(H,18,19,21). The first kappa shape index (κ1) is 14.6. The summed E-state index contributed by atoms with van der Waals surface area (Å²) in [4.78, 5) is 24.2. The van der Waals surface area contributed by atoms with Crippen LogP contribution >= 0.6 is 0 Å². The van der Waals surface area contributed by atoms with E-state index in [1.54, 1.807) is 25.1 Å². The number of aliphatic hydroxyl groups is 1. The van der Waals surface area contributed by atoms with Crippen molar-refractivity contribution < 1.29 is 9.90 Å². The zero-order chi connectivity index (χ0) is 15.1. The Balaban J connectivity index is 2.09. The Morgan fingerprint density at radius 1 is 1.33 bits per heavy atom. The third kappa shape index (κ3) is 4.37. The number of anilines is 1. The molecule has 0 unspecified atom stereocenters. The first-order valence-electron chi connectivity index (χ1n) is 6.36. The van der Waals surface area contributed by atoms with Crippen LogP contribution in [0.5, 0.6) is 0 Å². The van der Waals surface area contributed by atoms with E-state index in [-0.39, 0.29) is 18.2 Å². The predicted octanol–water partition coefficient (Wildman–Crippen LogP) is 1.17. The fourth-order valence-corrected chi connectivity index (χ4v) is 1.47. The molecular weight excluding hydrogens is 268 g/mol. The van der Waals surface area contributed by atoms with Crippen molar-refractivity contribution in [1.29, 1.82) is 0 Å². The van der Waals surface area contributed by atoms with E-state index in [1.165, 1.54) is 12.4 Å². The first-order chi connectivity index (χ1) is 10.2. The molecular formula is C15H14N4O2. The molecule has 6 heteroatoms. The first-order valence-corrected chi connectivity index (χ1v) is 6.36. The van der Waals surface area contributed by atoms with Crippen LogP contribution in [0.4, 0.5) is 5.82 Å². The van der Waals surface area contributed by atoms with Gasteiger partial charge in [0.15, 0.2) is 0 Å². The highest BCUT2D eigenvalue weighted by Crippen LogP contribution is 2.06. The Hall–Kier alpha value is -2.78. The predicted molar refractivity (Wildman–Crippen MR) is 77.5 cm³/mol. The van der Waals surface area contributed by atoms with Crippen LogP contribution < -0.4 is 5.32 Å². The van der Waals surface area contributed by atoms with Crippen molar-refractivity contribution in [1.82, 2.24) is 15.0 Å². The van der Waals surface area contributed by atoms with Crippen molar-refractivity contribution in [3.63, 3.8) is 0 Å². The number of hydrogen-bond acceptors (Lipinski definition) is 5. The number of amides is 1. The minimum Gasteiger partial charge on any atom is -0.395 e. The second-order valence-corrected chi connectivity index (χ2v) is 4.18. The molecule has 0 spiro atoms. The maximum atomic E-state index is 12.0. The van der Waals surface area contributed by atoms with E-state index < -0.39 is 0 Å². The van der Waals surface area contributed by atoms with Gasteiger partial charge in [0.1, 0.15) is 17.2 Å². The van der Waals surface area contributed by atoms with Crippen LogP contribution in [0.2, 0.25) is 0 Å². The van der Waals surface area contributed by atoms with Gasteiger partial charge in [-0.1, -0.05) is 12.0 Å². The van der Waals surface area contributed by atoms with Gasteiger partial charge in [-0.25, -0.2) is 9.97 Å². The molecule has 2 heterocycles. The monoisotopic (exact) mass is 282 g/mol. The maximum Gasteiger partial charge on any atom is 0.277 e. The molecule has 0 radical (unpaired) electrons. The minimum absolute atomic E-state index is 0.00944. The quantitative estimate of drug-likeness (QED) is 0.825. The van der Waals surface area contributed by atoms with E-state index in [2.05, 4.69) is 32.1 Å². The number of pyridine rings is 1. The summed E-state index contributed by atoms with van der Waals surface area (Å²) in [6, 6.07) is 5.13. The number of hydrogen-bond donors (Lipinski definition) is 2. The molecule has 0 aliphatic carbocycles. The highest BCUT2D eigenvalue weighted by Gasteiger charge is 2.08. The molecule has 0 bridgehead atoms. The van der Waals surface area contributed by atoms with Crippen LogP contribution in [0, 0.1) is 18.8 Å². The van der Waals surface area contributed by atoms with Crippen molar-refractivity contribution in [2.75, 3.05) is 11.9 Å². The number of aliphatic hydroxyl groups excluding tert-OH is 1. The Bertz CT molecular complexity index is 687. The van der Waals surface area contributed by atoms with Crippen molar-refractivity contribution in [2.45, 2.75) is 13.3 Å². The number of rotatable bonds is 3. The van der Waals surface area contributed by atoms with E-state index in [0.29, 0.717) is 17.9 Å². The number of nitrogens with one attached hydrogen (secondary N) is 1. The molecule has 0 aromatic carbocycles. The van der Waals surface area contributed by atoms with E-state index in [9.17, 15) is 4.79 Å². The van der Waals surface area contributed by atoms with Crippen molar-refractivity contribution in [3.8, 4) is 11.8 Å². The van der Waals surface area contributed by atoms with Crippen LogP contribution in [0.15, 0.2) is 30.6 Å². The van der Waals surface area contributed by atoms with E-state index >= 15 is 0 Å². The second-order valence-electron chi connectivity index (χ2n) is 4.18. The normalized spacial score (nSPS) is 9.62. The number of carbonyl (C=O) groups excluding carboxylic acids is 1. The van der Waals surface area contributed by atoms with Gasteiger partial charge in [0.05, 0.1) is 18.5 Å². The molecule has 2 rings (SSSR count). The summed E-state index contributed by atoms with van der Waals surface area (Å²) >= 11 is 0. The smallest absolute Gasteiger partial charge is 0.277 e. The highest BCUT2D eigenvalue weighted by molar-refractivity contribution is 6.02. The number of aromatic nitrogens is 3. The van der Waals surface area contributed by atoms with Gasteiger partial charge in [-0.05, 0) is 25.0 Å². The van der Waals surface area contributed by atoms with Gasteiger partial charge >= 0.3 is 0 Å². The van der Waals surface area contributed by atoms with Gasteiger partial charge in [-0.3, -0.25) is 9.78 Å². The Morgan fingerprint density at radius 3 is 2.90 bits per heavy atom. The topological polar surface area (TPSA) is 88.0 Å². The lowest BCUT2D eigenvalue weighted by Gasteiger charge is -2.04. The summed E-state index contributed by atoms with van der Waals surface area (Å²) in [6.45, 7) is 1.81. The molecule has 1 amide bonds. The second kappa shape index (κ2) is 7.12. The molecule has 0 fully saturated rings. The average Bonchev–Trinajstić information content (AvgIpc) is 2.48. The van der Waals surface area contributed by atoms with Gasteiger partial charge in [0.2, 0.25) is 0 Å². The fraction of sp³-hybridized carbons (Fsp3) is 0.200. The molecule has 2 aromatic rings. The largest absolute Gasteiger partial charge is 0.395 e. The van der Waals surface area contributed by atoms with Gasteiger partial charge in [-0.15, -0.1) is 0 Å². The van der Waals surface area contributed by atoms with Crippen LogP contribution in [0.25, 0.3) is 0 Å². The molecule has 0 aliphatic heterocycles. The molecule has 0 saturated heterocycles. The Kier molecular flexibility index (Phi) is 4.96. The third-order valence-electron chi connectivity index (χ3n) is 2.46. The van der Waals surface area contributed by atoms with Crippen LogP contribution in [0.3, 0.4) is 0 Å². The highest BCUT2D eigenvalue weighted by atomic mass is 16.2. The SMILES string of the molecule is Cc1cnc(C(=O)Nc2cccc(C#CCCO)n2)cn1. The van der Waals surface area contributed by atoms with Gasteiger partial charge in [0.25, 0.3) is 5.91 Å². The van der Waals surface area contributed by atoms with Crippen molar-refractivity contribution >= 4 is 11.7 Å². The molecule has 0 saturated carbocycles. The Labute approximate surface area is 122 Å². The maximum absolute atomic E-state index is 12.0. The zero-order valence-electron chi connectivity index (χ0n) is 11.5. The summed E-state index contributed by atoms with van der Waals surface area (Å²) in [5.74, 6) is 5.59. The average molecular weight is 282 g/mol. The van der Waals surface area contributed by atoms with Crippen LogP contribution in [-0.4, -0.2) is 32.6 Å². The van der Waals surface area contributed by atoms with Crippen LogP contribution in [-0.2, 0) is 0 Å². The summed E-state index contributed by atoms with van der Waals surface area (Å²) in [6.07, 6.45) is 3.33. The summed E-state index contributed by atoms with van der Waals surface area (Å²) in [7, 11) is 0. The molecule has 2 N–H and O–H groups in total. The molecule has 0 aliphatic rings. The number of nitrogens with zero attached hydrogens (tertiary/aromatic N) is 3. The van der Waals surface area contributed by atoms with Gasteiger partial charge in [-0.2, -0.15) is 0 Å². The lowest BCUT2D eigenvalue weighted by Crippen LogP contribution is -2.15. The van der Waals surface area contributed by atoms with E-state index in [0.717, 1.165) is 5.69 Å². The molecule has 21 heavy (non-hydrogen) atoms. The minimum atomic E-state index is -0.379. The van der Waals surface area contributed by atoms with Gasteiger partial charge in [0, 0.05) is 12.6 Å². The van der Waals surface area contributed by atoms with E-state index in [4.69, 9.17) is 5.11 Å². The Morgan fingerprint density at radius 2 is 2.19 bits per heavy atom. The fourth-order valence-electron chi connectivity index (χ4n) is 1.47. The molecule has 106 valence electrons. The summed E-state index contributed by atoms with van der Waals surface area (Å²) in [5.41, 5.74) is 1.49. The van der Waals surface area contributed by atoms with Crippen LogP contribution in [0.1, 0.15) is 28.3 Å². The summed E-state index contributed by atoms with van der Waals surface area (Å²) < 4.78 is 0. The summed E-state index contributed by atoms with van der Waals surface area (Å²) in [5, 5.41) is 11.3. The van der Waals surface area contributed by atoms with E-state index in [1.807, 2.05) is 0 Å². The number of carbonyl (C=O) groups is 1. The lowest BCUT2D eigenvalue weighted by atomic mass is 10.3. The zero-order valence-corrected chi connectivity index (χ0v) is 11.5.